The second-order valence-electron chi connectivity index (χ2n) is 4.48. The first kappa shape index (κ1) is 14.0. The molecule has 1 aromatic heterocycles. The van der Waals surface area contributed by atoms with Crippen molar-refractivity contribution in [3.05, 3.63) is 46.5 Å². The topological polar surface area (TPSA) is 56.7 Å². The molecule has 2 N–H and O–H groups in total. The van der Waals surface area contributed by atoms with E-state index in [0.29, 0.717) is 6.54 Å². The van der Waals surface area contributed by atoms with Gasteiger partial charge in [-0.3, -0.25) is 0 Å². The van der Waals surface area contributed by atoms with Crippen LogP contribution in [0.15, 0.2) is 24.4 Å². The second-order valence-corrected chi connectivity index (χ2v) is 4.89. The van der Waals surface area contributed by atoms with Crippen LogP contribution in [0.2, 0.25) is 5.02 Å². The number of hydrogen-bond donors (Lipinski definition) is 1. The van der Waals surface area contributed by atoms with Gasteiger partial charge in [-0.15, -0.1) is 5.10 Å². The summed E-state index contributed by atoms with van der Waals surface area (Å²) in [5.74, 6) is -0.429. The van der Waals surface area contributed by atoms with Gasteiger partial charge in [0.05, 0.1) is 29.5 Å². The number of hydrogen-bond acceptors (Lipinski definition) is 3. The minimum Gasteiger partial charge on any atom is -0.323 e. The van der Waals surface area contributed by atoms with Crippen molar-refractivity contribution < 1.29 is 4.39 Å². The Balaban J connectivity index is 2.09. The molecule has 2 aromatic rings. The van der Waals surface area contributed by atoms with Crippen molar-refractivity contribution >= 4 is 11.6 Å². The van der Waals surface area contributed by atoms with Crippen LogP contribution >= 0.6 is 11.6 Å². The van der Waals surface area contributed by atoms with Gasteiger partial charge in [0.1, 0.15) is 5.82 Å². The molecule has 0 amide bonds. The molecule has 0 saturated heterocycles. The molecule has 0 aliphatic heterocycles. The molecule has 1 atom stereocenters. The number of nitrogens with zero attached hydrogens (tertiary/aromatic N) is 3. The largest absolute Gasteiger partial charge is 0.323 e. The Kier molecular flexibility index (Phi) is 4.50. The van der Waals surface area contributed by atoms with Gasteiger partial charge in [-0.25, -0.2) is 9.07 Å². The number of aromatic nitrogens is 3. The molecule has 1 heterocycles. The molecule has 0 aliphatic carbocycles. The van der Waals surface area contributed by atoms with Crippen molar-refractivity contribution in [3.8, 4) is 0 Å². The second kappa shape index (κ2) is 6.12. The van der Waals surface area contributed by atoms with E-state index in [1.54, 1.807) is 16.9 Å². The molecule has 0 fully saturated rings. The average molecular weight is 283 g/mol. The van der Waals surface area contributed by atoms with E-state index < -0.39 is 5.82 Å². The fourth-order valence-corrected chi connectivity index (χ4v) is 1.96. The lowest BCUT2D eigenvalue weighted by Gasteiger charge is -2.05. The van der Waals surface area contributed by atoms with Gasteiger partial charge >= 0.3 is 0 Å². The van der Waals surface area contributed by atoms with Crippen LogP contribution in [0.5, 0.6) is 0 Å². The van der Waals surface area contributed by atoms with Gasteiger partial charge < -0.3 is 5.73 Å². The van der Waals surface area contributed by atoms with Crippen molar-refractivity contribution in [2.24, 2.45) is 5.73 Å². The van der Waals surface area contributed by atoms with E-state index in [1.807, 2.05) is 0 Å². The van der Waals surface area contributed by atoms with Gasteiger partial charge in [0.2, 0.25) is 0 Å². The van der Waals surface area contributed by atoms with Gasteiger partial charge in [-0.1, -0.05) is 36.2 Å². The summed E-state index contributed by atoms with van der Waals surface area (Å²) in [6, 6.07) is 4.60. The minimum atomic E-state index is -0.429. The summed E-state index contributed by atoms with van der Waals surface area (Å²) in [4.78, 5) is 0. The highest BCUT2D eigenvalue weighted by Crippen LogP contribution is 2.17. The maximum absolute atomic E-state index is 13.3. The molecule has 19 heavy (non-hydrogen) atoms. The summed E-state index contributed by atoms with van der Waals surface area (Å²) in [5, 5.41) is 8.16. The third-order valence-corrected chi connectivity index (χ3v) is 3.17. The lowest BCUT2D eigenvalue weighted by atomic mass is 10.1. The molecule has 0 bridgehead atoms. The summed E-state index contributed by atoms with van der Waals surface area (Å²) >= 11 is 5.64. The summed E-state index contributed by atoms with van der Waals surface area (Å²) in [6.45, 7) is 2.51. The zero-order valence-corrected chi connectivity index (χ0v) is 11.4. The zero-order chi connectivity index (χ0) is 13.8. The monoisotopic (exact) mass is 282 g/mol. The Morgan fingerprint density at radius 2 is 2.26 bits per heavy atom. The quantitative estimate of drug-likeness (QED) is 0.917. The van der Waals surface area contributed by atoms with Crippen LogP contribution in [-0.2, 0) is 6.54 Å². The average Bonchev–Trinajstić information content (AvgIpc) is 2.83. The van der Waals surface area contributed by atoms with E-state index in [0.717, 1.165) is 24.1 Å². The predicted molar refractivity (Wildman–Crippen MR) is 72.4 cm³/mol. The first-order valence-electron chi connectivity index (χ1n) is 6.19. The molecule has 4 nitrogen and oxygen atoms in total. The highest BCUT2D eigenvalue weighted by atomic mass is 35.5. The number of benzene rings is 1. The Hall–Kier alpha value is -1.46. The molecule has 0 aliphatic rings. The van der Waals surface area contributed by atoms with Crippen LogP contribution in [0.25, 0.3) is 0 Å². The molecule has 0 spiro atoms. The smallest absolute Gasteiger partial charge is 0.142 e. The molecule has 6 heteroatoms. The molecule has 0 radical (unpaired) electrons. The standard InChI is InChI=1S/C13H16ClFN4/c1-2-3-12(16)13-8-19(18-17-13)7-9-4-5-10(14)11(15)6-9/h4-6,8,12H,2-3,7,16H2,1H3. The number of rotatable bonds is 5. The third-order valence-electron chi connectivity index (χ3n) is 2.86. The summed E-state index contributed by atoms with van der Waals surface area (Å²) in [5.41, 5.74) is 7.50. The van der Waals surface area contributed by atoms with E-state index in [-0.39, 0.29) is 11.1 Å². The van der Waals surface area contributed by atoms with Crippen molar-refractivity contribution in [2.45, 2.75) is 32.4 Å². The molecule has 1 unspecified atom stereocenters. The molecular weight excluding hydrogens is 267 g/mol. The Morgan fingerprint density at radius 1 is 1.47 bits per heavy atom. The van der Waals surface area contributed by atoms with Crippen molar-refractivity contribution in [2.75, 3.05) is 0 Å². The van der Waals surface area contributed by atoms with Crippen LogP contribution in [0.3, 0.4) is 0 Å². The van der Waals surface area contributed by atoms with Crippen LogP contribution in [-0.4, -0.2) is 15.0 Å². The van der Waals surface area contributed by atoms with E-state index in [2.05, 4.69) is 17.2 Å². The van der Waals surface area contributed by atoms with Gasteiger partial charge in [-0.05, 0) is 24.1 Å². The van der Waals surface area contributed by atoms with Gasteiger partial charge in [-0.2, -0.15) is 0 Å². The third kappa shape index (κ3) is 3.52. The first-order chi connectivity index (χ1) is 9.10. The highest BCUT2D eigenvalue weighted by molar-refractivity contribution is 6.30. The van der Waals surface area contributed by atoms with Gasteiger partial charge in [0, 0.05) is 0 Å². The highest BCUT2D eigenvalue weighted by Gasteiger charge is 2.10. The lowest BCUT2D eigenvalue weighted by molar-refractivity contribution is 0.612. The fraction of sp³-hybridized carbons (Fsp3) is 0.385. The molecule has 2 rings (SSSR count). The number of halogens is 2. The molecule has 1 aromatic carbocycles. The zero-order valence-electron chi connectivity index (χ0n) is 10.7. The predicted octanol–water partition coefficient (Wildman–Crippen LogP) is 2.92. The van der Waals surface area contributed by atoms with Gasteiger partial charge in [0.25, 0.3) is 0 Å². The fourth-order valence-electron chi connectivity index (χ4n) is 1.84. The normalized spacial score (nSPS) is 12.6. The van der Waals surface area contributed by atoms with Crippen molar-refractivity contribution in [3.63, 3.8) is 0 Å². The first-order valence-corrected chi connectivity index (χ1v) is 6.57. The molecule has 0 saturated carbocycles. The van der Waals surface area contributed by atoms with Gasteiger partial charge in [0.15, 0.2) is 0 Å². The van der Waals surface area contributed by atoms with Crippen molar-refractivity contribution in [1.82, 2.24) is 15.0 Å². The summed E-state index contributed by atoms with van der Waals surface area (Å²) < 4.78 is 15.0. The Labute approximate surface area is 116 Å². The lowest BCUT2D eigenvalue weighted by Crippen LogP contribution is -2.10. The summed E-state index contributed by atoms with van der Waals surface area (Å²) in [7, 11) is 0. The van der Waals surface area contributed by atoms with Crippen LogP contribution < -0.4 is 5.73 Å². The van der Waals surface area contributed by atoms with E-state index in [9.17, 15) is 4.39 Å². The van der Waals surface area contributed by atoms with Crippen LogP contribution in [0.4, 0.5) is 4.39 Å². The Bertz CT molecular complexity index is 555. The maximum atomic E-state index is 13.3. The molecule has 102 valence electrons. The van der Waals surface area contributed by atoms with Crippen molar-refractivity contribution in [1.29, 1.82) is 0 Å². The summed E-state index contributed by atoms with van der Waals surface area (Å²) in [6.07, 6.45) is 3.66. The molecular formula is C13H16ClFN4. The van der Waals surface area contributed by atoms with E-state index >= 15 is 0 Å². The van der Waals surface area contributed by atoms with Crippen LogP contribution in [0, 0.1) is 5.82 Å². The maximum Gasteiger partial charge on any atom is 0.142 e. The van der Waals surface area contributed by atoms with Crippen LogP contribution in [0.1, 0.15) is 37.1 Å². The number of nitrogens with two attached hydrogens (primary N) is 1. The Morgan fingerprint density at radius 3 is 2.95 bits per heavy atom. The minimum absolute atomic E-state index is 0.0966. The van der Waals surface area contributed by atoms with E-state index in [1.165, 1.54) is 12.1 Å². The van der Waals surface area contributed by atoms with E-state index in [4.69, 9.17) is 17.3 Å². The SMILES string of the molecule is CCCC(N)c1cn(Cc2ccc(Cl)c(F)c2)nn1.